The van der Waals surface area contributed by atoms with E-state index >= 15 is 0 Å². The maximum Gasteiger partial charge on any atom is 0.359 e. The van der Waals surface area contributed by atoms with E-state index in [0.29, 0.717) is 27.3 Å². The number of halogens is 2. The number of ether oxygens (including phenoxy) is 1. The number of hydrogen-bond donors (Lipinski definition) is 0. The van der Waals surface area contributed by atoms with Crippen molar-refractivity contribution < 1.29 is 18.7 Å². The summed E-state index contributed by atoms with van der Waals surface area (Å²) < 4.78 is 12.2. The summed E-state index contributed by atoms with van der Waals surface area (Å²) in [6, 6.07) is 14.1. The van der Waals surface area contributed by atoms with Crippen LogP contribution in [0.4, 0.5) is 0 Å². The van der Waals surface area contributed by atoms with E-state index < -0.39 is 5.97 Å². The summed E-state index contributed by atoms with van der Waals surface area (Å²) in [4.78, 5) is 25.8. The van der Waals surface area contributed by atoms with Gasteiger partial charge < -0.3 is 9.15 Å². The van der Waals surface area contributed by atoms with Crippen LogP contribution in [0.2, 0.25) is 10.0 Å². The van der Waals surface area contributed by atoms with Crippen LogP contribution in [0.1, 0.15) is 33.5 Å². The van der Waals surface area contributed by atoms with E-state index in [1.807, 2.05) is 30.3 Å². The van der Waals surface area contributed by atoms with Crippen molar-refractivity contribution in [3.63, 3.8) is 0 Å². The van der Waals surface area contributed by atoms with Crippen LogP contribution < -0.4 is 0 Å². The first-order chi connectivity index (χ1) is 16.4. The summed E-state index contributed by atoms with van der Waals surface area (Å²) in [7, 11) is 0. The van der Waals surface area contributed by atoms with Crippen LogP contribution in [0.5, 0.6) is 0 Å². The highest BCUT2D eigenvalue weighted by Crippen LogP contribution is 2.29. The highest BCUT2D eigenvalue weighted by Gasteiger charge is 2.28. The van der Waals surface area contributed by atoms with E-state index in [0.717, 1.165) is 17.3 Å². The molecule has 2 aromatic carbocycles. The van der Waals surface area contributed by atoms with E-state index in [-0.39, 0.29) is 34.6 Å². The van der Waals surface area contributed by atoms with E-state index in [4.69, 9.17) is 32.4 Å². The molecule has 0 unspecified atom stereocenters. The van der Waals surface area contributed by atoms with Gasteiger partial charge in [0.15, 0.2) is 11.5 Å². The summed E-state index contributed by atoms with van der Waals surface area (Å²) in [6.45, 7) is 3.48. The SMILES string of the molecule is CCOC(=O)c1nn(-c2cc(Cl)ccc2Cl)c(C)c1C(=O)CSc1nnc(-c2ccccc2)o1. The van der Waals surface area contributed by atoms with E-state index in [1.54, 1.807) is 32.0 Å². The number of thioether (sulfide) groups is 1. The lowest BCUT2D eigenvalue weighted by Crippen LogP contribution is -2.13. The summed E-state index contributed by atoms with van der Waals surface area (Å²) in [5, 5.41) is 13.4. The molecule has 174 valence electrons. The third-order valence-corrected chi connectivity index (χ3v) is 6.13. The minimum Gasteiger partial charge on any atom is -0.461 e. The van der Waals surface area contributed by atoms with Crippen LogP contribution in [0.3, 0.4) is 0 Å². The average molecular weight is 517 g/mol. The van der Waals surface area contributed by atoms with E-state index in [2.05, 4.69) is 15.3 Å². The molecule has 11 heteroatoms. The predicted molar refractivity (Wildman–Crippen MR) is 129 cm³/mol. The molecule has 4 aromatic rings. The number of rotatable bonds is 8. The molecule has 0 atom stereocenters. The monoisotopic (exact) mass is 516 g/mol. The lowest BCUT2D eigenvalue weighted by atomic mass is 10.1. The highest BCUT2D eigenvalue weighted by atomic mass is 35.5. The van der Waals surface area contributed by atoms with Gasteiger partial charge in [-0.3, -0.25) is 4.79 Å². The number of carbonyl (C=O) groups excluding carboxylic acids is 2. The molecule has 0 saturated carbocycles. The Bertz CT molecular complexity index is 1350. The van der Waals surface area contributed by atoms with Gasteiger partial charge in [-0.1, -0.05) is 53.2 Å². The minimum atomic E-state index is -0.708. The normalized spacial score (nSPS) is 10.9. The summed E-state index contributed by atoms with van der Waals surface area (Å²) in [5.41, 5.74) is 1.66. The van der Waals surface area contributed by atoms with Crippen LogP contribution in [0.25, 0.3) is 17.1 Å². The van der Waals surface area contributed by atoms with Crippen molar-refractivity contribution in [3.05, 3.63) is 75.5 Å². The molecule has 0 fully saturated rings. The molecule has 2 aromatic heterocycles. The Morgan fingerprint density at radius 2 is 1.88 bits per heavy atom. The molecule has 0 amide bonds. The molecule has 4 rings (SSSR count). The van der Waals surface area contributed by atoms with Crippen molar-refractivity contribution >= 4 is 46.7 Å². The smallest absolute Gasteiger partial charge is 0.359 e. The zero-order valence-corrected chi connectivity index (χ0v) is 20.4. The Kier molecular flexibility index (Phi) is 7.35. The topological polar surface area (TPSA) is 100 Å². The second-order valence-electron chi connectivity index (χ2n) is 6.99. The molecule has 0 aliphatic carbocycles. The number of hydrogen-bond acceptors (Lipinski definition) is 8. The highest BCUT2D eigenvalue weighted by molar-refractivity contribution is 7.99. The zero-order chi connectivity index (χ0) is 24.2. The third kappa shape index (κ3) is 5.01. The number of Topliss-reactive ketones (excluding diaryl/α,β-unsaturated/α-hetero) is 1. The quantitative estimate of drug-likeness (QED) is 0.167. The van der Waals surface area contributed by atoms with Crippen LogP contribution in [0.15, 0.2) is 58.2 Å². The van der Waals surface area contributed by atoms with Crippen molar-refractivity contribution in [1.29, 1.82) is 0 Å². The Labute approximate surface area is 209 Å². The molecular formula is C23H18Cl2N4O4S. The van der Waals surface area contributed by atoms with Gasteiger partial charge >= 0.3 is 5.97 Å². The average Bonchev–Trinajstić information content (AvgIpc) is 3.44. The lowest BCUT2D eigenvalue weighted by Gasteiger charge is -2.07. The first-order valence-electron chi connectivity index (χ1n) is 10.2. The Hall–Kier alpha value is -3.14. The number of aromatic nitrogens is 4. The third-order valence-electron chi connectivity index (χ3n) is 4.75. The molecular weight excluding hydrogens is 499 g/mol. The molecule has 0 spiro atoms. The van der Waals surface area contributed by atoms with Crippen molar-refractivity contribution in [2.75, 3.05) is 12.4 Å². The van der Waals surface area contributed by atoms with Gasteiger partial charge in [-0.05, 0) is 44.2 Å². The largest absolute Gasteiger partial charge is 0.461 e. The number of nitrogens with zero attached hydrogens (tertiary/aromatic N) is 4. The molecule has 0 aliphatic heterocycles. The van der Waals surface area contributed by atoms with Gasteiger partial charge in [-0.25, -0.2) is 9.48 Å². The molecule has 0 N–H and O–H groups in total. The Balaban J connectivity index is 1.63. The first kappa shape index (κ1) is 24.0. The molecule has 8 nitrogen and oxygen atoms in total. The molecule has 0 saturated heterocycles. The Morgan fingerprint density at radius 3 is 2.62 bits per heavy atom. The standard InChI is InChI=1S/C23H18Cl2N4O4S/c1-3-32-22(31)20-19(13(2)29(28-20)17-11-15(24)9-10-16(17)25)18(30)12-34-23-27-26-21(33-23)14-7-5-4-6-8-14/h4-11H,3,12H2,1-2H3. The summed E-state index contributed by atoms with van der Waals surface area (Å²) >= 11 is 13.5. The van der Waals surface area contributed by atoms with Crippen molar-refractivity contribution in [2.45, 2.75) is 19.1 Å². The fraction of sp³-hybridized carbons (Fsp3) is 0.174. The summed E-state index contributed by atoms with van der Waals surface area (Å²) in [5.74, 6) is -0.768. The van der Waals surface area contributed by atoms with Gasteiger partial charge in [0, 0.05) is 10.6 Å². The van der Waals surface area contributed by atoms with Gasteiger partial charge in [0.2, 0.25) is 5.89 Å². The Morgan fingerprint density at radius 1 is 1.12 bits per heavy atom. The molecule has 0 aliphatic rings. The number of esters is 1. The zero-order valence-electron chi connectivity index (χ0n) is 18.1. The lowest BCUT2D eigenvalue weighted by molar-refractivity contribution is 0.0516. The number of carbonyl (C=O) groups is 2. The fourth-order valence-corrected chi connectivity index (χ4v) is 4.23. The number of ketones is 1. The van der Waals surface area contributed by atoms with Gasteiger partial charge in [0.1, 0.15) is 0 Å². The summed E-state index contributed by atoms with van der Waals surface area (Å²) in [6.07, 6.45) is 0. The van der Waals surface area contributed by atoms with Crippen LogP contribution >= 0.6 is 35.0 Å². The second kappa shape index (κ2) is 10.4. The maximum absolute atomic E-state index is 13.2. The second-order valence-corrected chi connectivity index (χ2v) is 8.76. The van der Waals surface area contributed by atoms with Crippen molar-refractivity contribution in [1.82, 2.24) is 20.0 Å². The first-order valence-corrected chi connectivity index (χ1v) is 11.9. The molecule has 0 bridgehead atoms. The van der Waals surface area contributed by atoms with Gasteiger partial charge in [0.05, 0.1) is 34.3 Å². The van der Waals surface area contributed by atoms with Gasteiger partial charge in [0.25, 0.3) is 5.22 Å². The van der Waals surface area contributed by atoms with E-state index in [1.165, 1.54) is 4.68 Å². The molecule has 34 heavy (non-hydrogen) atoms. The maximum atomic E-state index is 13.2. The van der Waals surface area contributed by atoms with Gasteiger partial charge in [-0.15, -0.1) is 10.2 Å². The van der Waals surface area contributed by atoms with Crippen LogP contribution in [-0.4, -0.2) is 44.1 Å². The van der Waals surface area contributed by atoms with Crippen LogP contribution in [-0.2, 0) is 4.74 Å². The van der Waals surface area contributed by atoms with Crippen molar-refractivity contribution in [3.8, 4) is 17.1 Å². The predicted octanol–water partition coefficient (Wildman–Crippen LogP) is 5.69. The fourth-order valence-electron chi connectivity index (χ4n) is 3.23. The molecule has 0 radical (unpaired) electrons. The van der Waals surface area contributed by atoms with Gasteiger partial charge in [-0.2, -0.15) is 5.10 Å². The van der Waals surface area contributed by atoms with Crippen LogP contribution in [0, 0.1) is 6.92 Å². The number of benzene rings is 2. The molecule has 2 heterocycles. The minimum absolute atomic E-state index is 0.0569. The van der Waals surface area contributed by atoms with E-state index in [9.17, 15) is 9.59 Å². The van der Waals surface area contributed by atoms with Crippen molar-refractivity contribution in [2.24, 2.45) is 0 Å².